The first-order valence-electron chi connectivity index (χ1n) is 9.45. The highest BCUT2D eigenvalue weighted by atomic mass is 35.5. The van der Waals surface area contributed by atoms with Gasteiger partial charge in [-0.3, -0.25) is 9.59 Å². The van der Waals surface area contributed by atoms with Crippen LogP contribution in [0.3, 0.4) is 0 Å². The minimum atomic E-state index is -1.05. The molecule has 1 aliphatic rings. The molecule has 2 atom stereocenters. The summed E-state index contributed by atoms with van der Waals surface area (Å²) in [7, 11) is 0. The predicted octanol–water partition coefficient (Wildman–Crippen LogP) is 2.95. The number of nitrogens with zero attached hydrogens (tertiary/aromatic N) is 1. The number of carbonyl (C=O) groups excluding carboxylic acids is 2. The van der Waals surface area contributed by atoms with Crippen molar-refractivity contribution in [3.63, 3.8) is 0 Å². The number of nitrogens with one attached hydrogen (secondary N) is 1. The first-order valence-corrected chi connectivity index (χ1v) is 9.45. The Morgan fingerprint density at radius 1 is 1.11 bits per heavy atom. The largest absolute Gasteiger partial charge is 0.352 e. The van der Waals surface area contributed by atoms with Gasteiger partial charge in [0.25, 0.3) is 5.91 Å². The summed E-state index contributed by atoms with van der Waals surface area (Å²) in [6.45, 7) is 3.66. The highest BCUT2D eigenvalue weighted by Crippen LogP contribution is 2.24. The number of rotatable bonds is 5. The van der Waals surface area contributed by atoms with Crippen LogP contribution >= 0.6 is 12.4 Å². The van der Waals surface area contributed by atoms with Crippen LogP contribution in [0.25, 0.3) is 0 Å². The van der Waals surface area contributed by atoms with Gasteiger partial charge in [0.05, 0.1) is 0 Å². The Balaban J connectivity index is 0.00000280. The molecule has 2 aromatic carbocycles. The highest BCUT2D eigenvalue weighted by molar-refractivity contribution is 5.94. The number of carbonyl (C=O) groups is 2. The second-order valence-electron chi connectivity index (χ2n) is 7.40. The average Bonchev–Trinajstić information content (AvgIpc) is 2.73. The molecule has 150 valence electrons. The molecule has 1 saturated heterocycles. The van der Waals surface area contributed by atoms with Crippen molar-refractivity contribution in [2.24, 2.45) is 11.7 Å². The van der Waals surface area contributed by atoms with Crippen LogP contribution in [0.1, 0.15) is 35.7 Å². The first-order chi connectivity index (χ1) is 13.0. The standard InChI is InChI=1S/C22H27N3O2.ClH/c1-22(23,19-12-6-3-7-13-19)21(27)25-14-8-9-17(16-25)15-24-20(26)18-10-4-2-5-11-18;/h2-7,10-13,17H,8-9,14-16,23H2,1H3,(H,24,26);1H. The van der Waals surface area contributed by atoms with E-state index in [9.17, 15) is 9.59 Å². The SMILES string of the molecule is CC(N)(C(=O)N1CCCC(CNC(=O)c2ccccc2)C1)c1ccccc1.Cl. The van der Waals surface area contributed by atoms with Crippen molar-refractivity contribution in [2.45, 2.75) is 25.3 Å². The van der Waals surface area contributed by atoms with Gasteiger partial charge in [-0.2, -0.15) is 0 Å². The fourth-order valence-corrected chi connectivity index (χ4v) is 3.58. The lowest BCUT2D eigenvalue weighted by Crippen LogP contribution is -2.54. The third-order valence-corrected chi connectivity index (χ3v) is 5.21. The molecule has 0 aromatic heterocycles. The molecule has 1 fully saturated rings. The molecule has 5 nitrogen and oxygen atoms in total. The summed E-state index contributed by atoms with van der Waals surface area (Å²) >= 11 is 0. The van der Waals surface area contributed by atoms with Crippen LogP contribution in [-0.2, 0) is 10.3 Å². The van der Waals surface area contributed by atoms with Gasteiger partial charge in [-0.1, -0.05) is 48.5 Å². The summed E-state index contributed by atoms with van der Waals surface area (Å²) in [4.78, 5) is 27.1. The van der Waals surface area contributed by atoms with E-state index in [-0.39, 0.29) is 30.1 Å². The topological polar surface area (TPSA) is 75.4 Å². The van der Waals surface area contributed by atoms with Crippen molar-refractivity contribution in [1.82, 2.24) is 10.2 Å². The van der Waals surface area contributed by atoms with Gasteiger partial charge in [0.15, 0.2) is 0 Å². The monoisotopic (exact) mass is 401 g/mol. The van der Waals surface area contributed by atoms with E-state index < -0.39 is 5.54 Å². The molecule has 0 bridgehead atoms. The lowest BCUT2D eigenvalue weighted by Gasteiger charge is -2.37. The third kappa shape index (κ3) is 5.12. The smallest absolute Gasteiger partial charge is 0.251 e. The Kier molecular flexibility index (Phi) is 7.61. The van der Waals surface area contributed by atoms with E-state index in [1.165, 1.54) is 0 Å². The zero-order valence-corrected chi connectivity index (χ0v) is 17.0. The number of amides is 2. The van der Waals surface area contributed by atoms with E-state index in [2.05, 4.69) is 5.32 Å². The van der Waals surface area contributed by atoms with Gasteiger partial charge in [0, 0.05) is 25.2 Å². The van der Waals surface area contributed by atoms with Crippen molar-refractivity contribution in [3.8, 4) is 0 Å². The maximum Gasteiger partial charge on any atom is 0.251 e. The molecule has 0 spiro atoms. The highest BCUT2D eigenvalue weighted by Gasteiger charge is 2.36. The quantitative estimate of drug-likeness (QED) is 0.808. The van der Waals surface area contributed by atoms with E-state index >= 15 is 0 Å². The van der Waals surface area contributed by atoms with Crippen LogP contribution in [0.4, 0.5) is 0 Å². The van der Waals surface area contributed by atoms with E-state index in [0.29, 0.717) is 25.2 Å². The normalized spacial score (nSPS) is 18.5. The Hall–Kier alpha value is -2.37. The lowest BCUT2D eigenvalue weighted by molar-refractivity contribution is -0.138. The number of piperidine rings is 1. The summed E-state index contributed by atoms with van der Waals surface area (Å²) < 4.78 is 0. The summed E-state index contributed by atoms with van der Waals surface area (Å²) in [5.41, 5.74) is 6.82. The third-order valence-electron chi connectivity index (χ3n) is 5.21. The van der Waals surface area contributed by atoms with Gasteiger partial charge in [-0.15, -0.1) is 12.4 Å². The zero-order chi connectivity index (χ0) is 19.3. The fraction of sp³-hybridized carbons (Fsp3) is 0.364. The molecule has 2 aromatic rings. The van der Waals surface area contributed by atoms with Gasteiger partial charge in [-0.05, 0) is 43.4 Å². The Morgan fingerprint density at radius 3 is 2.36 bits per heavy atom. The van der Waals surface area contributed by atoms with Crippen LogP contribution in [0.5, 0.6) is 0 Å². The molecule has 3 N–H and O–H groups in total. The molecule has 1 heterocycles. The van der Waals surface area contributed by atoms with Crippen molar-refractivity contribution in [3.05, 3.63) is 71.8 Å². The minimum Gasteiger partial charge on any atom is -0.352 e. The molecule has 0 aliphatic carbocycles. The van der Waals surface area contributed by atoms with Crippen LogP contribution in [-0.4, -0.2) is 36.3 Å². The second-order valence-corrected chi connectivity index (χ2v) is 7.40. The maximum atomic E-state index is 13.0. The molecule has 0 radical (unpaired) electrons. The predicted molar refractivity (Wildman–Crippen MR) is 113 cm³/mol. The van der Waals surface area contributed by atoms with Gasteiger partial charge >= 0.3 is 0 Å². The number of hydrogen-bond acceptors (Lipinski definition) is 3. The maximum absolute atomic E-state index is 13.0. The molecular weight excluding hydrogens is 374 g/mol. The Bertz CT molecular complexity index is 781. The van der Waals surface area contributed by atoms with E-state index in [4.69, 9.17) is 5.73 Å². The van der Waals surface area contributed by atoms with Gasteiger partial charge in [-0.25, -0.2) is 0 Å². The minimum absolute atomic E-state index is 0. The van der Waals surface area contributed by atoms with Crippen molar-refractivity contribution in [2.75, 3.05) is 19.6 Å². The van der Waals surface area contributed by atoms with E-state index in [0.717, 1.165) is 18.4 Å². The van der Waals surface area contributed by atoms with Crippen LogP contribution in [0.15, 0.2) is 60.7 Å². The average molecular weight is 402 g/mol. The zero-order valence-electron chi connectivity index (χ0n) is 16.1. The molecule has 2 unspecified atom stereocenters. The fourth-order valence-electron chi connectivity index (χ4n) is 3.58. The lowest BCUT2D eigenvalue weighted by atomic mass is 9.89. The van der Waals surface area contributed by atoms with Gasteiger partial charge < -0.3 is 16.0 Å². The summed E-state index contributed by atoms with van der Waals surface area (Å²) in [5.74, 6) is 0.0988. The van der Waals surface area contributed by atoms with E-state index in [1.807, 2.05) is 53.4 Å². The number of nitrogens with two attached hydrogens (primary N) is 1. The first kappa shape index (κ1) is 21.9. The number of benzene rings is 2. The number of likely N-dealkylation sites (tertiary alicyclic amines) is 1. The number of hydrogen-bond donors (Lipinski definition) is 2. The van der Waals surface area contributed by atoms with Crippen LogP contribution < -0.4 is 11.1 Å². The molecule has 28 heavy (non-hydrogen) atoms. The summed E-state index contributed by atoms with van der Waals surface area (Å²) in [6, 6.07) is 18.7. The van der Waals surface area contributed by atoms with Crippen LogP contribution in [0, 0.1) is 5.92 Å². The van der Waals surface area contributed by atoms with Crippen molar-refractivity contribution < 1.29 is 9.59 Å². The van der Waals surface area contributed by atoms with Gasteiger partial charge in [0.2, 0.25) is 5.91 Å². The molecule has 6 heteroatoms. The molecule has 0 saturated carbocycles. The molecule has 3 rings (SSSR count). The van der Waals surface area contributed by atoms with Crippen molar-refractivity contribution >= 4 is 24.2 Å². The second kappa shape index (κ2) is 9.71. The summed E-state index contributed by atoms with van der Waals surface area (Å²) in [5, 5.41) is 2.99. The number of halogens is 1. The van der Waals surface area contributed by atoms with Crippen LogP contribution in [0.2, 0.25) is 0 Å². The molecule has 1 aliphatic heterocycles. The van der Waals surface area contributed by atoms with Crippen molar-refractivity contribution in [1.29, 1.82) is 0 Å². The summed E-state index contributed by atoms with van der Waals surface area (Å²) in [6.07, 6.45) is 1.91. The Morgan fingerprint density at radius 2 is 1.71 bits per heavy atom. The van der Waals surface area contributed by atoms with Gasteiger partial charge in [0.1, 0.15) is 5.54 Å². The Labute approximate surface area is 172 Å². The van der Waals surface area contributed by atoms with E-state index in [1.54, 1.807) is 19.1 Å². The molecular formula is C22H28ClN3O2. The molecule has 2 amide bonds.